The Hall–Kier alpha value is 0.134. The number of allylic oxidation sites excluding steroid dienone is 1. The molecule has 0 aliphatic heterocycles. The van der Waals surface area contributed by atoms with Crippen molar-refractivity contribution in [2.45, 2.75) is 32.2 Å². The lowest BCUT2D eigenvalue weighted by molar-refractivity contribution is 0.578. The van der Waals surface area contributed by atoms with Gasteiger partial charge in [-0.05, 0) is 32.2 Å². The molecule has 0 bridgehead atoms. The zero-order valence-corrected chi connectivity index (χ0v) is 9.63. The van der Waals surface area contributed by atoms with Crippen LogP contribution in [0.25, 0.3) is 0 Å². The second-order valence-electron chi connectivity index (χ2n) is 3.57. The molecule has 0 aromatic carbocycles. The van der Waals surface area contributed by atoms with Crippen molar-refractivity contribution in [3.8, 4) is 0 Å². The van der Waals surface area contributed by atoms with Gasteiger partial charge >= 0.3 is 0 Å². The summed E-state index contributed by atoms with van der Waals surface area (Å²) in [5, 5.41) is 0. The van der Waals surface area contributed by atoms with Crippen LogP contribution in [0, 0.1) is 0 Å². The van der Waals surface area contributed by atoms with E-state index >= 15 is 0 Å². The molecule has 1 unspecified atom stereocenters. The fourth-order valence-corrected chi connectivity index (χ4v) is 6.57. The molecule has 0 amide bonds. The fraction of sp³-hybridized carbons (Fsp3) is 0.714. The van der Waals surface area contributed by atoms with Crippen LogP contribution in [0.4, 0.5) is 0 Å². The fourth-order valence-electron chi connectivity index (χ4n) is 0.886. The molecule has 0 aromatic heterocycles. The molecule has 0 aliphatic carbocycles. The number of hydrogen-bond donors (Lipinski definition) is 0. The third-order valence-electron chi connectivity index (χ3n) is 1.05. The molecule has 0 saturated heterocycles. The Kier molecular flexibility index (Phi) is 4.16. The van der Waals surface area contributed by atoms with Crippen LogP contribution in [0.1, 0.15) is 0 Å². The van der Waals surface area contributed by atoms with Crippen molar-refractivity contribution in [3.05, 3.63) is 12.7 Å². The van der Waals surface area contributed by atoms with Crippen LogP contribution < -0.4 is 0 Å². The lowest BCUT2D eigenvalue weighted by atomic mass is 10.8. The molecule has 0 N–H and O–H groups in total. The van der Waals surface area contributed by atoms with Gasteiger partial charge in [-0.2, -0.15) is 0 Å². The third-order valence-corrected chi connectivity index (χ3v) is 6.49. The molecule has 3 heteroatoms. The normalized spacial score (nSPS) is 14.8. The smallest absolute Gasteiger partial charge is 0.170 e. The summed E-state index contributed by atoms with van der Waals surface area (Å²) in [4.78, 5) is 0. The van der Waals surface area contributed by atoms with E-state index in [0.717, 1.165) is 6.04 Å². The van der Waals surface area contributed by atoms with Gasteiger partial charge in [-0.15, -0.1) is 6.58 Å². The Bertz CT molecular complexity index is 107. The summed E-state index contributed by atoms with van der Waals surface area (Å²) < 4.78 is 5.88. The Morgan fingerprint density at radius 2 is 2.00 bits per heavy atom. The first-order valence-corrected chi connectivity index (χ1v) is 9.59. The molecule has 0 spiro atoms. The van der Waals surface area contributed by atoms with Crippen molar-refractivity contribution in [1.29, 1.82) is 0 Å². The molecule has 60 valence electrons. The lowest BCUT2D eigenvalue weighted by Gasteiger charge is -2.21. The first kappa shape index (κ1) is 10.1. The van der Waals surface area contributed by atoms with Crippen molar-refractivity contribution < 1.29 is 4.12 Å². The Balaban J connectivity index is 3.56. The molecule has 1 atom stereocenters. The van der Waals surface area contributed by atoms with Gasteiger partial charge in [0.2, 0.25) is 0 Å². The predicted octanol–water partition coefficient (Wildman–Crippen LogP) is 2.38. The zero-order chi connectivity index (χ0) is 8.20. The van der Waals surface area contributed by atoms with Gasteiger partial charge < -0.3 is 4.12 Å². The second kappa shape index (κ2) is 4.10. The van der Waals surface area contributed by atoms with Gasteiger partial charge in [0.05, 0.1) is 0 Å². The average molecular weight is 174 g/mol. The molecule has 10 heavy (non-hydrogen) atoms. The molecule has 0 heterocycles. The first-order chi connectivity index (χ1) is 4.45. The topological polar surface area (TPSA) is 9.23 Å². The van der Waals surface area contributed by atoms with Crippen LogP contribution in [-0.2, 0) is 4.12 Å². The minimum absolute atomic E-state index is 0.883. The van der Waals surface area contributed by atoms with E-state index in [2.05, 4.69) is 32.8 Å². The standard InChI is InChI=1S/C7H18OSi2/c1-6-7-9(2)8-10(3,4)5/h6,9H,1,7H2,2-5H3. The van der Waals surface area contributed by atoms with E-state index in [1.807, 2.05) is 6.08 Å². The van der Waals surface area contributed by atoms with Crippen molar-refractivity contribution >= 4 is 17.4 Å². The monoisotopic (exact) mass is 174 g/mol. The van der Waals surface area contributed by atoms with Crippen molar-refractivity contribution in [2.24, 2.45) is 0 Å². The van der Waals surface area contributed by atoms with Crippen LogP contribution in [0.5, 0.6) is 0 Å². The van der Waals surface area contributed by atoms with Crippen molar-refractivity contribution in [3.63, 3.8) is 0 Å². The van der Waals surface area contributed by atoms with Crippen LogP contribution in [0.3, 0.4) is 0 Å². The van der Waals surface area contributed by atoms with Gasteiger partial charge in [0, 0.05) is 0 Å². The number of rotatable bonds is 4. The van der Waals surface area contributed by atoms with Crippen LogP contribution in [0.15, 0.2) is 12.7 Å². The van der Waals surface area contributed by atoms with Gasteiger partial charge in [-0.1, -0.05) is 6.08 Å². The van der Waals surface area contributed by atoms with E-state index in [-0.39, 0.29) is 0 Å². The minimum atomic E-state index is -1.24. The Morgan fingerprint density at radius 3 is 2.30 bits per heavy atom. The van der Waals surface area contributed by atoms with Crippen LogP contribution in [0.2, 0.25) is 32.2 Å². The molecule has 0 fully saturated rings. The molecule has 1 nitrogen and oxygen atoms in total. The number of hydrogen-bond acceptors (Lipinski definition) is 1. The summed E-state index contributed by atoms with van der Waals surface area (Å²) in [5.74, 6) is 0. The van der Waals surface area contributed by atoms with Gasteiger partial charge in [0.25, 0.3) is 0 Å². The summed E-state index contributed by atoms with van der Waals surface area (Å²) in [5.41, 5.74) is 0. The predicted molar refractivity (Wildman–Crippen MR) is 52.4 cm³/mol. The minimum Gasteiger partial charge on any atom is -0.458 e. The van der Waals surface area contributed by atoms with Gasteiger partial charge in [0.1, 0.15) is 0 Å². The van der Waals surface area contributed by atoms with E-state index in [1.165, 1.54) is 0 Å². The summed E-state index contributed by atoms with van der Waals surface area (Å²) >= 11 is 0. The maximum atomic E-state index is 5.88. The van der Waals surface area contributed by atoms with Crippen molar-refractivity contribution in [1.82, 2.24) is 0 Å². The molecule has 0 rings (SSSR count). The van der Waals surface area contributed by atoms with Crippen molar-refractivity contribution in [2.75, 3.05) is 0 Å². The second-order valence-corrected chi connectivity index (χ2v) is 10.8. The Labute approximate surface area is 67.0 Å². The van der Waals surface area contributed by atoms with Crippen LogP contribution in [-0.4, -0.2) is 17.4 Å². The lowest BCUT2D eigenvalue weighted by Crippen LogP contribution is -2.32. The third kappa shape index (κ3) is 6.26. The average Bonchev–Trinajstić information content (AvgIpc) is 1.59. The summed E-state index contributed by atoms with van der Waals surface area (Å²) in [6, 6.07) is 1.10. The van der Waals surface area contributed by atoms with E-state index in [1.54, 1.807) is 0 Å². The molecule has 0 saturated carbocycles. The van der Waals surface area contributed by atoms with E-state index in [4.69, 9.17) is 4.12 Å². The van der Waals surface area contributed by atoms with Gasteiger partial charge in [-0.3, -0.25) is 0 Å². The maximum absolute atomic E-state index is 5.88. The van der Waals surface area contributed by atoms with Crippen LogP contribution >= 0.6 is 0 Å². The molecular formula is C7H18OSi2. The highest BCUT2D eigenvalue weighted by molar-refractivity contribution is 6.77. The highest BCUT2D eigenvalue weighted by Crippen LogP contribution is 2.07. The summed E-state index contributed by atoms with van der Waals surface area (Å²) in [6.07, 6.45) is 1.97. The summed E-state index contributed by atoms with van der Waals surface area (Å²) in [6.45, 7) is 12.6. The first-order valence-electron chi connectivity index (χ1n) is 3.74. The summed E-state index contributed by atoms with van der Waals surface area (Å²) in [7, 11) is -2.13. The van der Waals surface area contributed by atoms with Gasteiger partial charge in [0.15, 0.2) is 17.4 Å². The van der Waals surface area contributed by atoms with E-state index in [9.17, 15) is 0 Å². The zero-order valence-electron chi connectivity index (χ0n) is 7.48. The molecular weight excluding hydrogens is 156 g/mol. The quantitative estimate of drug-likeness (QED) is 0.470. The molecule has 0 aromatic rings. The highest BCUT2D eigenvalue weighted by Gasteiger charge is 2.17. The van der Waals surface area contributed by atoms with E-state index < -0.39 is 17.4 Å². The highest BCUT2D eigenvalue weighted by atomic mass is 28.4. The largest absolute Gasteiger partial charge is 0.458 e. The Morgan fingerprint density at radius 1 is 1.50 bits per heavy atom. The SMILES string of the molecule is C=CC[SiH](C)O[Si](C)(C)C. The maximum Gasteiger partial charge on any atom is 0.170 e. The molecule has 0 aliphatic rings. The van der Waals surface area contributed by atoms with E-state index in [0.29, 0.717) is 0 Å². The molecule has 0 radical (unpaired) electrons. The van der Waals surface area contributed by atoms with Gasteiger partial charge in [-0.25, -0.2) is 0 Å².